The topological polar surface area (TPSA) is 61.6 Å². The minimum atomic E-state index is -0.668. The van der Waals surface area contributed by atoms with Crippen LogP contribution >= 0.6 is 0 Å². The third-order valence-electron chi connectivity index (χ3n) is 2.56. The summed E-state index contributed by atoms with van der Waals surface area (Å²) in [7, 11) is 0. The lowest BCUT2D eigenvalue weighted by Crippen LogP contribution is -2.14. The van der Waals surface area contributed by atoms with Gasteiger partial charge < -0.3 is 15.2 Å². The summed E-state index contributed by atoms with van der Waals surface area (Å²) < 4.78 is 23.4. The van der Waals surface area contributed by atoms with Gasteiger partial charge in [-0.15, -0.1) is 0 Å². The van der Waals surface area contributed by atoms with E-state index in [1.165, 1.54) is 12.1 Å². The largest absolute Gasteiger partial charge is 0.490 e. The second-order valence-electron chi connectivity index (χ2n) is 4.03. The molecule has 0 radical (unpaired) electrons. The van der Waals surface area contributed by atoms with Crippen LogP contribution in [-0.4, -0.2) is 19.2 Å². The van der Waals surface area contributed by atoms with Crippen LogP contribution in [0.1, 0.15) is 10.4 Å². The number of hydrogen-bond acceptors (Lipinski definition) is 4. The highest BCUT2D eigenvalue weighted by Crippen LogP contribution is 2.14. The second kappa shape index (κ2) is 6.56. The van der Waals surface area contributed by atoms with Crippen molar-refractivity contribution in [2.75, 3.05) is 18.9 Å². The molecule has 0 saturated heterocycles. The Labute approximate surface area is 115 Å². The van der Waals surface area contributed by atoms with E-state index in [-0.39, 0.29) is 24.5 Å². The minimum Gasteiger partial charge on any atom is -0.490 e. The van der Waals surface area contributed by atoms with Crippen molar-refractivity contribution in [2.45, 2.75) is 0 Å². The Bertz CT molecular complexity index is 587. The minimum absolute atomic E-state index is 0.0183. The Balaban J connectivity index is 1.82. The highest BCUT2D eigenvalue weighted by molar-refractivity contribution is 5.95. The SMILES string of the molecule is Nc1ccc(F)cc1C(=O)OCCOc1ccccc1. The van der Waals surface area contributed by atoms with E-state index < -0.39 is 11.8 Å². The van der Waals surface area contributed by atoms with Gasteiger partial charge >= 0.3 is 5.97 Å². The fourth-order valence-electron chi connectivity index (χ4n) is 1.59. The van der Waals surface area contributed by atoms with E-state index in [0.29, 0.717) is 5.75 Å². The molecule has 4 nitrogen and oxygen atoms in total. The first-order chi connectivity index (χ1) is 9.66. The monoisotopic (exact) mass is 275 g/mol. The predicted molar refractivity (Wildman–Crippen MR) is 73.0 cm³/mol. The van der Waals surface area contributed by atoms with Crippen LogP contribution < -0.4 is 10.5 Å². The average molecular weight is 275 g/mol. The number of halogens is 1. The lowest BCUT2D eigenvalue weighted by Gasteiger charge is -2.08. The van der Waals surface area contributed by atoms with Gasteiger partial charge in [0.15, 0.2) is 0 Å². The number of nitrogen functional groups attached to an aromatic ring is 1. The molecular weight excluding hydrogens is 261 g/mol. The molecule has 0 spiro atoms. The van der Waals surface area contributed by atoms with Crippen LogP contribution in [0.25, 0.3) is 0 Å². The number of para-hydroxylation sites is 1. The normalized spacial score (nSPS) is 10.1. The number of carbonyl (C=O) groups is 1. The molecule has 2 aromatic carbocycles. The number of anilines is 1. The second-order valence-corrected chi connectivity index (χ2v) is 4.03. The van der Waals surface area contributed by atoms with Crippen molar-refractivity contribution >= 4 is 11.7 Å². The van der Waals surface area contributed by atoms with Gasteiger partial charge in [-0.3, -0.25) is 0 Å². The predicted octanol–water partition coefficient (Wildman–Crippen LogP) is 2.64. The van der Waals surface area contributed by atoms with Gasteiger partial charge in [0.1, 0.15) is 24.8 Å². The Morgan fingerprint density at radius 1 is 1.10 bits per heavy atom. The average Bonchev–Trinajstić information content (AvgIpc) is 2.47. The van der Waals surface area contributed by atoms with Gasteiger partial charge in [-0.2, -0.15) is 0 Å². The quantitative estimate of drug-likeness (QED) is 0.517. The van der Waals surface area contributed by atoms with E-state index in [9.17, 15) is 9.18 Å². The highest BCUT2D eigenvalue weighted by atomic mass is 19.1. The number of carbonyl (C=O) groups excluding carboxylic acids is 1. The lowest BCUT2D eigenvalue weighted by molar-refractivity contribution is 0.0451. The van der Waals surface area contributed by atoms with Gasteiger partial charge in [0, 0.05) is 5.69 Å². The van der Waals surface area contributed by atoms with Gasteiger partial charge in [-0.05, 0) is 30.3 Å². The van der Waals surface area contributed by atoms with Crippen LogP contribution in [0.2, 0.25) is 0 Å². The molecule has 2 N–H and O–H groups in total. The molecule has 0 saturated carbocycles. The van der Waals surface area contributed by atoms with Crippen LogP contribution in [-0.2, 0) is 4.74 Å². The van der Waals surface area contributed by atoms with Gasteiger partial charge in [0.2, 0.25) is 0 Å². The highest BCUT2D eigenvalue weighted by Gasteiger charge is 2.12. The standard InChI is InChI=1S/C15H14FNO3/c16-11-6-7-14(17)13(10-11)15(18)20-9-8-19-12-4-2-1-3-5-12/h1-7,10H,8-9,17H2. The summed E-state index contributed by atoms with van der Waals surface area (Å²) >= 11 is 0. The first kappa shape index (κ1) is 13.9. The van der Waals surface area contributed by atoms with Crippen LogP contribution in [0.4, 0.5) is 10.1 Å². The molecule has 0 aromatic heterocycles. The fourth-order valence-corrected chi connectivity index (χ4v) is 1.59. The van der Waals surface area contributed by atoms with Crippen molar-refractivity contribution in [1.82, 2.24) is 0 Å². The Morgan fingerprint density at radius 3 is 2.60 bits per heavy atom. The molecule has 0 aliphatic rings. The smallest absolute Gasteiger partial charge is 0.340 e. The van der Waals surface area contributed by atoms with Gasteiger partial charge in [-0.25, -0.2) is 9.18 Å². The molecule has 20 heavy (non-hydrogen) atoms. The zero-order valence-corrected chi connectivity index (χ0v) is 10.7. The summed E-state index contributed by atoms with van der Waals surface area (Å²) in [5, 5.41) is 0. The first-order valence-corrected chi connectivity index (χ1v) is 6.07. The van der Waals surface area contributed by atoms with E-state index in [1.54, 1.807) is 12.1 Å². The molecule has 104 valence electrons. The maximum Gasteiger partial charge on any atom is 0.340 e. The Hall–Kier alpha value is -2.56. The number of nitrogens with two attached hydrogens (primary N) is 1. The van der Waals surface area contributed by atoms with Crippen molar-refractivity contribution in [1.29, 1.82) is 0 Å². The summed E-state index contributed by atoms with van der Waals surface area (Å²) in [6, 6.07) is 12.7. The zero-order chi connectivity index (χ0) is 14.4. The molecule has 0 bridgehead atoms. The van der Waals surface area contributed by atoms with Crippen molar-refractivity contribution in [3.8, 4) is 5.75 Å². The molecule has 0 aliphatic carbocycles. The number of ether oxygens (including phenoxy) is 2. The molecule has 0 unspecified atom stereocenters. The molecule has 2 rings (SSSR count). The lowest BCUT2D eigenvalue weighted by atomic mass is 10.2. The number of benzene rings is 2. The van der Waals surface area contributed by atoms with E-state index in [4.69, 9.17) is 15.2 Å². The third-order valence-corrected chi connectivity index (χ3v) is 2.56. The van der Waals surface area contributed by atoms with Gasteiger partial charge in [-0.1, -0.05) is 18.2 Å². The van der Waals surface area contributed by atoms with E-state index in [1.807, 2.05) is 18.2 Å². The van der Waals surface area contributed by atoms with Crippen LogP contribution in [0.15, 0.2) is 48.5 Å². The summed E-state index contributed by atoms with van der Waals surface area (Å²) in [6.07, 6.45) is 0. The summed E-state index contributed by atoms with van der Waals surface area (Å²) in [6.45, 7) is 0.272. The molecule has 0 heterocycles. The maximum atomic E-state index is 13.0. The fraction of sp³-hybridized carbons (Fsp3) is 0.133. The zero-order valence-electron chi connectivity index (χ0n) is 10.7. The molecular formula is C15H14FNO3. The van der Waals surface area contributed by atoms with Crippen LogP contribution in [0.3, 0.4) is 0 Å². The Morgan fingerprint density at radius 2 is 1.85 bits per heavy atom. The molecule has 0 aliphatic heterocycles. The van der Waals surface area contributed by atoms with E-state index in [0.717, 1.165) is 6.07 Å². The molecule has 0 amide bonds. The molecule has 0 atom stereocenters. The van der Waals surface area contributed by atoms with Crippen molar-refractivity contribution < 1.29 is 18.7 Å². The Kier molecular flexibility index (Phi) is 4.55. The van der Waals surface area contributed by atoms with E-state index >= 15 is 0 Å². The molecule has 2 aromatic rings. The van der Waals surface area contributed by atoms with Crippen LogP contribution in [0, 0.1) is 5.82 Å². The summed E-state index contributed by atoms with van der Waals surface area (Å²) in [4.78, 5) is 11.7. The van der Waals surface area contributed by atoms with Crippen molar-refractivity contribution in [2.24, 2.45) is 0 Å². The number of esters is 1. The number of rotatable bonds is 5. The van der Waals surface area contributed by atoms with E-state index in [2.05, 4.69) is 0 Å². The molecule has 0 fully saturated rings. The van der Waals surface area contributed by atoms with Crippen molar-refractivity contribution in [3.05, 3.63) is 59.9 Å². The number of hydrogen-bond donors (Lipinski definition) is 1. The summed E-state index contributed by atoms with van der Waals surface area (Å²) in [5.41, 5.74) is 5.79. The molecule has 5 heteroatoms. The third kappa shape index (κ3) is 3.71. The first-order valence-electron chi connectivity index (χ1n) is 6.07. The summed E-state index contributed by atoms with van der Waals surface area (Å²) in [5.74, 6) is -0.515. The maximum absolute atomic E-state index is 13.0. The van der Waals surface area contributed by atoms with Crippen molar-refractivity contribution in [3.63, 3.8) is 0 Å². The van der Waals surface area contributed by atoms with Crippen LogP contribution in [0.5, 0.6) is 5.75 Å². The van der Waals surface area contributed by atoms with Gasteiger partial charge in [0.25, 0.3) is 0 Å². The van der Waals surface area contributed by atoms with Gasteiger partial charge in [0.05, 0.1) is 5.56 Å².